The molecule has 2 aromatic rings. The molecule has 2 aliphatic heterocycles. The van der Waals surface area contributed by atoms with Gasteiger partial charge in [0.05, 0.1) is 12.0 Å². The molecule has 0 atom stereocenters. The van der Waals surface area contributed by atoms with Crippen molar-refractivity contribution in [2.75, 3.05) is 26.2 Å². The number of hydrogen-bond donors (Lipinski definition) is 1. The van der Waals surface area contributed by atoms with Gasteiger partial charge in [-0.3, -0.25) is 14.6 Å². The summed E-state index contributed by atoms with van der Waals surface area (Å²) in [5, 5.41) is 7.12. The number of nitrogens with zero attached hydrogens (tertiary/aromatic N) is 3. The van der Waals surface area contributed by atoms with Crippen LogP contribution in [0, 0.1) is 11.2 Å². The molecule has 1 aromatic heterocycles. The van der Waals surface area contributed by atoms with E-state index < -0.39 is 18.0 Å². The van der Waals surface area contributed by atoms with Crippen molar-refractivity contribution in [3.63, 3.8) is 0 Å². The molecule has 2 amide bonds. The molecular weight excluding hydrogens is 470 g/mol. The zero-order valence-corrected chi connectivity index (χ0v) is 18.8. The molecule has 2 fully saturated rings. The minimum Gasteiger partial charge on any atom is -0.475 e. The van der Waals surface area contributed by atoms with E-state index in [9.17, 15) is 27.2 Å². The van der Waals surface area contributed by atoms with E-state index in [0.29, 0.717) is 32.6 Å². The maximum Gasteiger partial charge on any atom is 0.490 e. The second-order valence-corrected chi connectivity index (χ2v) is 8.68. The first-order valence-electron chi connectivity index (χ1n) is 11.0. The lowest BCUT2D eigenvalue weighted by molar-refractivity contribution is -0.192. The lowest BCUT2D eigenvalue weighted by Gasteiger charge is -2.39. The fourth-order valence-corrected chi connectivity index (χ4v) is 4.34. The highest BCUT2D eigenvalue weighted by atomic mass is 19.4. The molecule has 4 rings (SSSR count). The number of alkyl halides is 3. The average molecular weight is 495 g/mol. The molecule has 0 radical (unpaired) electrons. The summed E-state index contributed by atoms with van der Waals surface area (Å²) in [5.41, 5.74) is 1.12. The summed E-state index contributed by atoms with van der Waals surface area (Å²) in [6, 6.07) is 9.91. The van der Waals surface area contributed by atoms with Gasteiger partial charge in [0.1, 0.15) is 5.82 Å². The van der Waals surface area contributed by atoms with E-state index >= 15 is 0 Å². The van der Waals surface area contributed by atoms with Gasteiger partial charge in [0, 0.05) is 38.6 Å². The molecule has 2 saturated heterocycles. The number of amides is 2. The fraction of sp³-hybridized carbons (Fsp3) is 0.417. The van der Waals surface area contributed by atoms with E-state index in [-0.39, 0.29) is 22.8 Å². The van der Waals surface area contributed by atoms with E-state index in [1.807, 2.05) is 17.0 Å². The SMILES string of the molecule is O=C(Cc1cccnc1)N1CCC2(CC1)CCN(C(=O)c1ccccc1F)C2.O=C(O)C(F)(F)F. The maximum atomic E-state index is 14.0. The molecule has 0 saturated carbocycles. The van der Waals surface area contributed by atoms with Gasteiger partial charge in [0.25, 0.3) is 5.91 Å². The number of carboxylic acids is 1. The number of carboxylic acid groups (broad SMARTS) is 1. The number of benzene rings is 1. The Bertz CT molecular complexity index is 1050. The van der Waals surface area contributed by atoms with Crippen molar-refractivity contribution in [2.24, 2.45) is 5.41 Å². The normalized spacial score (nSPS) is 17.0. The van der Waals surface area contributed by atoms with E-state index in [4.69, 9.17) is 9.90 Å². The Morgan fingerprint density at radius 1 is 0.971 bits per heavy atom. The van der Waals surface area contributed by atoms with Gasteiger partial charge < -0.3 is 14.9 Å². The predicted molar refractivity (Wildman–Crippen MR) is 117 cm³/mol. The molecule has 1 aromatic carbocycles. The first-order valence-corrected chi connectivity index (χ1v) is 11.0. The van der Waals surface area contributed by atoms with Crippen LogP contribution in [0.15, 0.2) is 48.8 Å². The Hall–Kier alpha value is -3.50. The van der Waals surface area contributed by atoms with Crippen LogP contribution in [0.4, 0.5) is 17.6 Å². The van der Waals surface area contributed by atoms with Crippen LogP contribution in [0.3, 0.4) is 0 Å². The number of halogens is 4. The Morgan fingerprint density at radius 2 is 1.57 bits per heavy atom. The Morgan fingerprint density at radius 3 is 2.11 bits per heavy atom. The van der Waals surface area contributed by atoms with Crippen molar-refractivity contribution in [3.05, 3.63) is 65.7 Å². The topological polar surface area (TPSA) is 90.8 Å². The third kappa shape index (κ3) is 6.77. The average Bonchev–Trinajstić information content (AvgIpc) is 3.23. The van der Waals surface area contributed by atoms with Crippen LogP contribution in [-0.2, 0) is 16.0 Å². The second-order valence-electron chi connectivity index (χ2n) is 8.68. The Kier molecular flexibility index (Phi) is 8.08. The molecule has 35 heavy (non-hydrogen) atoms. The van der Waals surface area contributed by atoms with Crippen LogP contribution < -0.4 is 0 Å². The summed E-state index contributed by atoms with van der Waals surface area (Å²) >= 11 is 0. The third-order valence-corrected chi connectivity index (χ3v) is 6.33. The summed E-state index contributed by atoms with van der Waals surface area (Å²) in [7, 11) is 0. The summed E-state index contributed by atoms with van der Waals surface area (Å²) < 4.78 is 45.7. The second kappa shape index (κ2) is 10.8. The highest BCUT2D eigenvalue weighted by Gasteiger charge is 2.43. The smallest absolute Gasteiger partial charge is 0.475 e. The number of aliphatic carboxylic acids is 1. The van der Waals surface area contributed by atoms with E-state index in [1.165, 1.54) is 6.07 Å². The van der Waals surface area contributed by atoms with Crippen molar-refractivity contribution < 1.29 is 37.1 Å². The largest absolute Gasteiger partial charge is 0.490 e. The van der Waals surface area contributed by atoms with Gasteiger partial charge in [-0.05, 0) is 48.4 Å². The molecule has 188 valence electrons. The van der Waals surface area contributed by atoms with E-state index in [0.717, 1.165) is 24.8 Å². The maximum absolute atomic E-state index is 14.0. The van der Waals surface area contributed by atoms with Crippen LogP contribution in [-0.4, -0.2) is 70.0 Å². The minimum absolute atomic E-state index is 0.0476. The van der Waals surface area contributed by atoms with Gasteiger partial charge in [-0.2, -0.15) is 13.2 Å². The molecule has 3 heterocycles. The molecule has 0 aliphatic carbocycles. The number of carbonyl (C=O) groups excluding carboxylic acids is 2. The van der Waals surface area contributed by atoms with Crippen LogP contribution in [0.1, 0.15) is 35.2 Å². The standard InChI is InChI=1S/C22H24FN3O2.C2HF3O2/c23-19-6-2-1-5-18(19)21(28)26-13-9-22(16-26)7-11-25(12-8-22)20(27)14-17-4-3-10-24-15-17;3-2(4,5)1(6)7/h1-6,10,15H,7-9,11-14,16H2;(H,6,7). The van der Waals surface area contributed by atoms with Gasteiger partial charge in [-0.25, -0.2) is 9.18 Å². The van der Waals surface area contributed by atoms with Crippen LogP contribution in [0.2, 0.25) is 0 Å². The van der Waals surface area contributed by atoms with Crippen molar-refractivity contribution >= 4 is 17.8 Å². The first-order chi connectivity index (χ1) is 16.5. The number of pyridine rings is 1. The Labute approximate surface area is 199 Å². The summed E-state index contributed by atoms with van der Waals surface area (Å²) in [5.74, 6) is -3.33. The Balaban J connectivity index is 0.000000429. The van der Waals surface area contributed by atoms with Gasteiger partial charge >= 0.3 is 12.1 Å². The molecule has 11 heteroatoms. The lowest BCUT2D eigenvalue weighted by atomic mass is 9.77. The van der Waals surface area contributed by atoms with Crippen molar-refractivity contribution in [3.8, 4) is 0 Å². The van der Waals surface area contributed by atoms with Crippen molar-refractivity contribution in [1.82, 2.24) is 14.8 Å². The molecular formula is C24H25F4N3O4. The first kappa shape index (κ1) is 26.1. The highest BCUT2D eigenvalue weighted by Crippen LogP contribution is 2.41. The quantitative estimate of drug-likeness (QED) is 0.658. The third-order valence-electron chi connectivity index (χ3n) is 6.33. The van der Waals surface area contributed by atoms with Gasteiger partial charge in [-0.15, -0.1) is 0 Å². The number of aromatic nitrogens is 1. The number of piperidine rings is 1. The zero-order chi connectivity index (χ0) is 25.6. The predicted octanol–water partition coefficient (Wildman–Crippen LogP) is 3.55. The van der Waals surface area contributed by atoms with Gasteiger partial charge in [0.15, 0.2) is 0 Å². The van der Waals surface area contributed by atoms with Crippen LogP contribution in [0.5, 0.6) is 0 Å². The van der Waals surface area contributed by atoms with Gasteiger partial charge in [0.2, 0.25) is 5.91 Å². The van der Waals surface area contributed by atoms with Crippen LogP contribution in [0.25, 0.3) is 0 Å². The summed E-state index contributed by atoms with van der Waals surface area (Å²) in [6.07, 6.45) is 1.40. The molecule has 7 nitrogen and oxygen atoms in total. The van der Waals surface area contributed by atoms with Gasteiger partial charge in [-0.1, -0.05) is 18.2 Å². The number of likely N-dealkylation sites (tertiary alicyclic amines) is 2. The summed E-state index contributed by atoms with van der Waals surface area (Å²) in [6.45, 7) is 2.71. The molecule has 1 spiro atoms. The molecule has 1 N–H and O–H groups in total. The van der Waals surface area contributed by atoms with Crippen molar-refractivity contribution in [2.45, 2.75) is 31.9 Å². The lowest BCUT2D eigenvalue weighted by Crippen LogP contribution is -2.45. The number of hydrogen-bond acceptors (Lipinski definition) is 4. The van der Waals surface area contributed by atoms with E-state index in [1.54, 1.807) is 35.5 Å². The molecule has 0 bridgehead atoms. The minimum atomic E-state index is -5.08. The highest BCUT2D eigenvalue weighted by molar-refractivity contribution is 5.94. The fourth-order valence-electron chi connectivity index (χ4n) is 4.34. The van der Waals surface area contributed by atoms with Crippen LogP contribution >= 0.6 is 0 Å². The zero-order valence-electron chi connectivity index (χ0n) is 18.8. The molecule has 0 unspecified atom stereocenters. The monoisotopic (exact) mass is 495 g/mol. The van der Waals surface area contributed by atoms with E-state index in [2.05, 4.69) is 4.98 Å². The molecule has 2 aliphatic rings. The summed E-state index contributed by atoms with van der Waals surface area (Å²) in [4.78, 5) is 41.9. The number of carbonyl (C=O) groups is 3. The van der Waals surface area contributed by atoms with Crippen molar-refractivity contribution in [1.29, 1.82) is 0 Å². The number of rotatable bonds is 3.